The molecule has 0 bridgehead atoms. The van der Waals surface area contributed by atoms with Crippen LogP contribution in [0.5, 0.6) is 0 Å². The van der Waals surface area contributed by atoms with Crippen LogP contribution >= 0.6 is 0 Å². The minimum atomic E-state index is -0.147. The molecule has 5 heteroatoms. The average Bonchev–Trinajstić information content (AvgIpc) is 3.45. The van der Waals surface area contributed by atoms with E-state index >= 15 is 0 Å². The van der Waals surface area contributed by atoms with Crippen molar-refractivity contribution in [1.29, 1.82) is 0 Å². The van der Waals surface area contributed by atoms with Crippen molar-refractivity contribution in [1.82, 2.24) is 15.1 Å². The molecular formula is C26H27N3O2. The van der Waals surface area contributed by atoms with Gasteiger partial charge in [-0.2, -0.15) is 5.10 Å². The fourth-order valence-electron chi connectivity index (χ4n) is 3.62. The van der Waals surface area contributed by atoms with Crippen LogP contribution in [-0.2, 0) is 6.42 Å². The summed E-state index contributed by atoms with van der Waals surface area (Å²) >= 11 is 0. The highest BCUT2D eigenvalue weighted by atomic mass is 16.3. The number of aromatic nitrogens is 2. The Balaban J connectivity index is 1.60. The molecule has 2 heterocycles. The normalized spacial score (nSPS) is 12.0. The third kappa shape index (κ3) is 4.77. The highest BCUT2D eigenvalue weighted by Crippen LogP contribution is 2.24. The maximum Gasteiger partial charge on any atom is 0.270 e. The summed E-state index contributed by atoms with van der Waals surface area (Å²) < 4.78 is 7.24. The molecule has 4 aromatic rings. The fraction of sp³-hybridized carbons (Fsp3) is 0.231. The molecule has 158 valence electrons. The maximum atomic E-state index is 13.2. The highest BCUT2D eigenvalue weighted by Gasteiger charge is 2.21. The topological polar surface area (TPSA) is 60.1 Å². The molecule has 0 unspecified atom stereocenters. The zero-order valence-electron chi connectivity index (χ0n) is 18.1. The number of hydrogen-bond donors (Lipinski definition) is 1. The first-order valence-corrected chi connectivity index (χ1v) is 10.6. The van der Waals surface area contributed by atoms with Gasteiger partial charge < -0.3 is 9.73 Å². The van der Waals surface area contributed by atoms with Gasteiger partial charge >= 0.3 is 0 Å². The predicted molar refractivity (Wildman–Crippen MR) is 122 cm³/mol. The van der Waals surface area contributed by atoms with Crippen molar-refractivity contribution in [2.45, 2.75) is 39.7 Å². The molecule has 0 spiro atoms. The van der Waals surface area contributed by atoms with Crippen LogP contribution in [0.2, 0.25) is 0 Å². The summed E-state index contributed by atoms with van der Waals surface area (Å²) in [5.41, 5.74) is 5.44. The van der Waals surface area contributed by atoms with Gasteiger partial charge in [-0.05, 0) is 68.5 Å². The van der Waals surface area contributed by atoms with Gasteiger partial charge in [0.2, 0.25) is 0 Å². The molecule has 0 aliphatic carbocycles. The number of rotatable bonds is 7. The van der Waals surface area contributed by atoms with Gasteiger partial charge in [-0.3, -0.25) is 4.79 Å². The molecule has 4 rings (SSSR count). The molecule has 0 saturated heterocycles. The van der Waals surface area contributed by atoms with E-state index in [1.54, 1.807) is 17.0 Å². The zero-order chi connectivity index (χ0) is 21.8. The van der Waals surface area contributed by atoms with Crippen LogP contribution in [0.15, 0.2) is 77.4 Å². The zero-order valence-corrected chi connectivity index (χ0v) is 18.1. The molecule has 1 atom stereocenters. The van der Waals surface area contributed by atoms with Crippen LogP contribution in [0, 0.1) is 13.8 Å². The second-order valence-electron chi connectivity index (χ2n) is 7.99. The SMILES string of the molecule is Cc1ccc(C)c(-n2nc(-c3ccco3)cc2C(=O)N[C@H](C)CCc2ccccc2)c1. The lowest BCUT2D eigenvalue weighted by atomic mass is 10.1. The quantitative estimate of drug-likeness (QED) is 0.435. The second-order valence-corrected chi connectivity index (χ2v) is 7.99. The average molecular weight is 414 g/mol. The van der Waals surface area contributed by atoms with E-state index in [9.17, 15) is 4.79 Å². The smallest absolute Gasteiger partial charge is 0.270 e. The molecule has 0 saturated carbocycles. The molecular weight excluding hydrogens is 386 g/mol. The number of nitrogens with zero attached hydrogens (tertiary/aromatic N) is 2. The monoisotopic (exact) mass is 413 g/mol. The number of nitrogens with one attached hydrogen (secondary N) is 1. The summed E-state index contributed by atoms with van der Waals surface area (Å²) in [4.78, 5) is 13.2. The number of furan rings is 1. The van der Waals surface area contributed by atoms with Crippen LogP contribution in [0.1, 0.15) is 40.5 Å². The Bertz CT molecular complexity index is 1160. The van der Waals surface area contributed by atoms with E-state index in [1.807, 2.05) is 63.2 Å². The minimum Gasteiger partial charge on any atom is -0.463 e. The summed E-state index contributed by atoms with van der Waals surface area (Å²) in [6.45, 7) is 6.09. The fourth-order valence-corrected chi connectivity index (χ4v) is 3.62. The van der Waals surface area contributed by atoms with Crippen molar-refractivity contribution in [2.75, 3.05) is 0 Å². The second kappa shape index (κ2) is 9.04. The molecule has 0 aliphatic rings. The van der Waals surface area contributed by atoms with Crippen molar-refractivity contribution in [3.63, 3.8) is 0 Å². The summed E-state index contributed by atoms with van der Waals surface area (Å²) in [6, 6.07) is 21.9. The Morgan fingerprint density at radius 2 is 1.87 bits per heavy atom. The largest absolute Gasteiger partial charge is 0.463 e. The van der Waals surface area contributed by atoms with Gasteiger partial charge in [-0.25, -0.2) is 4.68 Å². The van der Waals surface area contributed by atoms with E-state index in [1.165, 1.54) is 5.56 Å². The number of hydrogen-bond acceptors (Lipinski definition) is 3. The van der Waals surface area contributed by atoms with Crippen molar-refractivity contribution in [3.8, 4) is 17.1 Å². The van der Waals surface area contributed by atoms with Crippen molar-refractivity contribution in [2.24, 2.45) is 0 Å². The van der Waals surface area contributed by atoms with E-state index in [2.05, 4.69) is 23.5 Å². The first kappa shape index (κ1) is 20.7. The van der Waals surface area contributed by atoms with Gasteiger partial charge in [-0.15, -0.1) is 0 Å². The minimum absolute atomic E-state index is 0.0294. The third-order valence-electron chi connectivity index (χ3n) is 5.39. The molecule has 2 aromatic heterocycles. The number of carbonyl (C=O) groups excluding carboxylic acids is 1. The maximum absolute atomic E-state index is 13.2. The van der Waals surface area contributed by atoms with Crippen molar-refractivity contribution < 1.29 is 9.21 Å². The first-order chi connectivity index (χ1) is 15.0. The molecule has 0 radical (unpaired) electrons. The van der Waals surface area contributed by atoms with Crippen LogP contribution in [-0.4, -0.2) is 21.7 Å². The molecule has 0 fully saturated rings. The summed E-state index contributed by atoms with van der Waals surface area (Å²) in [6.07, 6.45) is 3.38. The van der Waals surface area contributed by atoms with Gasteiger partial charge in [0.05, 0.1) is 12.0 Å². The lowest BCUT2D eigenvalue weighted by Crippen LogP contribution is -2.34. The van der Waals surface area contributed by atoms with Gasteiger partial charge in [0.1, 0.15) is 11.4 Å². The van der Waals surface area contributed by atoms with Crippen LogP contribution in [0.3, 0.4) is 0 Å². The summed E-state index contributed by atoms with van der Waals surface area (Å²) in [5, 5.41) is 7.85. The van der Waals surface area contributed by atoms with E-state index in [4.69, 9.17) is 9.52 Å². The molecule has 31 heavy (non-hydrogen) atoms. The van der Waals surface area contributed by atoms with E-state index in [-0.39, 0.29) is 11.9 Å². The van der Waals surface area contributed by atoms with Gasteiger partial charge in [0, 0.05) is 12.1 Å². The first-order valence-electron chi connectivity index (χ1n) is 10.6. The third-order valence-corrected chi connectivity index (χ3v) is 5.39. The van der Waals surface area contributed by atoms with Crippen molar-refractivity contribution in [3.05, 3.63) is 95.4 Å². The lowest BCUT2D eigenvalue weighted by molar-refractivity contribution is 0.0930. The Morgan fingerprint density at radius 1 is 1.06 bits per heavy atom. The number of carbonyl (C=O) groups is 1. The summed E-state index contributed by atoms with van der Waals surface area (Å²) in [5.74, 6) is 0.488. The van der Waals surface area contributed by atoms with E-state index in [0.717, 1.165) is 29.7 Å². The molecule has 1 amide bonds. The lowest BCUT2D eigenvalue weighted by Gasteiger charge is -2.15. The van der Waals surface area contributed by atoms with Gasteiger partial charge in [0.15, 0.2) is 5.76 Å². The molecule has 0 aliphatic heterocycles. The van der Waals surface area contributed by atoms with Crippen LogP contribution < -0.4 is 5.32 Å². The van der Waals surface area contributed by atoms with Crippen LogP contribution in [0.25, 0.3) is 17.1 Å². The van der Waals surface area contributed by atoms with E-state index in [0.29, 0.717) is 17.1 Å². The molecule has 5 nitrogen and oxygen atoms in total. The number of benzene rings is 2. The number of amides is 1. The molecule has 1 N–H and O–H groups in total. The standard InChI is InChI=1S/C26H27N3O2/c1-18-11-12-19(2)23(16-18)29-24(17-22(28-29)25-10-7-15-31-25)26(30)27-20(3)13-14-21-8-5-4-6-9-21/h4-12,15-17,20H,13-14H2,1-3H3,(H,27,30)/t20-/m1/s1. The highest BCUT2D eigenvalue weighted by molar-refractivity contribution is 5.94. The molecule has 2 aromatic carbocycles. The van der Waals surface area contributed by atoms with Crippen molar-refractivity contribution >= 4 is 5.91 Å². The Morgan fingerprint density at radius 3 is 2.61 bits per heavy atom. The number of aryl methyl sites for hydroxylation is 3. The van der Waals surface area contributed by atoms with Gasteiger partial charge in [-0.1, -0.05) is 42.5 Å². The van der Waals surface area contributed by atoms with Crippen LogP contribution in [0.4, 0.5) is 0 Å². The summed E-state index contributed by atoms with van der Waals surface area (Å²) in [7, 11) is 0. The Hall–Kier alpha value is -3.60. The predicted octanol–water partition coefficient (Wildman–Crippen LogP) is 5.50. The Kier molecular flexibility index (Phi) is 6.03. The Labute approximate surface area is 182 Å². The van der Waals surface area contributed by atoms with E-state index < -0.39 is 0 Å². The van der Waals surface area contributed by atoms with Gasteiger partial charge in [0.25, 0.3) is 5.91 Å².